The van der Waals surface area contributed by atoms with E-state index in [1.807, 2.05) is 13.8 Å². The Balaban J connectivity index is 3.92. The molecular weight excluding hydrogens is 220 g/mol. The lowest BCUT2D eigenvalue weighted by atomic mass is 10.1. The molecule has 0 aliphatic heterocycles. The Kier molecular flexibility index (Phi) is 9.14. The lowest BCUT2D eigenvalue weighted by Crippen LogP contribution is -2.37. The molecule has 0 aromatic carbocycles. The van der Waals surface area contributed by atoms with Gasteiger partial charge in [-0.2, -0.15) is 0 Å². The molecule has 0 bridgehead atoms. The number of guanidine groups is 1. The Morgan fingerprint density at radius 1 is 1.29 bits per heavy atom. The summed E-state index contributed by atoms with van der Waals surface area (Å²) in [6.45, 7) is 6.28. The summed E-state index contributed by atoms with van der Waals surface area (Å²) >= 11 is 0. The Morgan fingerprint density at radius 3 is 2.29 bits per heavy atom. The van der Waals surface area contributed by atoms with Gasteiger partial charge < -0.3 is 21.1 Å². The maximum atomic E-state index is 10.7. The summed E-state index contributed by atoms with van der Waals surface area (Å²) in [4.78, 5) is 15.1. The lowest BCUT2D eigenvalue weighted by Gasteiger charge is -2.11. The number of rotatable bonds is 8. The van der Waals surface area contributed by atoms with E-state index in [4.69, 9.17) is 5.11 Å². The summed E-state index contributed by atoms with van der Waals surface area (Å²) in [6.07, 6.45) is 1.33. The predicted molar refractivity (Wildman–Crippen MR) is 69.4 cm³/mol. The third-order valence-corrected chi connectivity index (χ3v) is 2.26. The normalized spacial score (nSPS) is 11.7. The van der Waals surface area contributed by atoms with E-state index in [1.54, 1.807) is 7.05 Å². The van der Waals surface area contributed by atoms with E-state index in [0.717, 1.165) is 25.5 Å². The van der Waals surface area contributed by atoms with Crippen LogP contribution in [0.5, 0.6) is 0 Å². The number of carboxylic acids is 1. The lowest BCUT2D eigenvalue weighted by molar-refractivity contribution is -0.139. The molecular formula is C11H24N4O2. The molecule has 0 aliphatic rings. The maximum Gasteiger partial charge on any atom is 0.320 e. The number of aliphatic carboxylic acids is 1. The summed E-state index contributed by atoms with van der Waals surface area (Å²) in [5.74, 6) is -0.0265. The van der Waals surface area contributed by atoms with Crippen LogP contribution in [0.3, 0.4) is 0 Å². The first-order chi connectivity index (χ1) is 8.15. The molecule has 0 saturated heterocycles. The molecule has 4 N–H and O–H groups in total. The Hall–Kier alpha value is -1.30. The first-order valence-electron chi connectivity index (χ1n) is 6.07. The first kappa shape index (κ1) is 15.7. The Bertz CT molecular complexity index is 236. The zero-order valence-electron chi connectivity index (χ0n) is 10.9. The van der Waals surface area contributed by atoms with Crippen molar-refractivity contribution in [2.45, 2.75) is 32.7 Å². The molecule has 0 radical (unpaired) electrons. The van der Waals surface area contributed by atoms with Crippen molar-refractivity contribution in [3.05, 3.63) is 0 Å². The topological polar surface area (TPSA) is 85.8 Å². The molecule has 0 saturated carbocycles. The van der Waals surface area contributed by atoms with Gasteiger partial charge in [0.25, 0.3) is 0 Å². The predicted octanol–water partition coefficient (Wildman–Crippen LogP) is 0.0142. The van der Waals surface area contributed by atoms with E-state index in [1.165, 1.54) is 0 Å². The average Bonchev–Trinajstić information content (AvgIpc) is 2.29. The van der Waals surface area contributed by atoms with Crippen LogP contribution in [0.15, 0.2) is 4.99 Å². The smallest absolute Gasteiger partial charge is 0.320 e. The largest absolute Gasteiger partial charge is 0.480 e. The number of carbonyl (C=O) groups is 1. The van der Waals surface area contributed by atoms with Gasteiger partial charge in [-0.15, -0.1) is 0 Å². The monoisotopic (exact) mass is 244 g/mol. The molecule has 0 heterocycles. The summed E-state index contributed by atoms with van der Waals surface area (Å²) < 4.78 is 0. The number of hydrogen-bond donors (Lipinski definition) is 4. The second-order valence-corrected chi connectivity index (χ2v) is 3.61. The van der Waals surface area contributed by atoms with Gasteiger partial charge in [0.05, 0.1) is 0 Å². The van der Waals surface area contributed by atoms with Crippen LogP contribution in [0.25, 0.3) is 0 Å². The van der Waals surface area contributed by atoms with Crippen molar-refractivity contribution < 1.29 is 9.90 Å². The standard InChI is InChI=1S/C11H24N4O2/c1-4-13-11(14-5-2)15-8-6-7-9(12-3)10(16)17/h9,12H,4-8H2,1-3H3,(H,16,17)(H2,13,14,15)/t9-/m0/s1. The SMILES string of the molecule is CCNC(=NCCC[C@H](NC)C(=O)O)NCC. The van der Waals surface area contributed by atoms with Crippen molar-refractivity contribution in [2.24, 2.45) is 4.99 Å². The van der Waals surface area contributed by atoms with Crippen LogP contribution in [-0.4, -0.2) is 49.8 Å². The van der Waals surface area contributed by atoms with Gasteiger partial charge in [-0.3, -0.25) is 9.79 Å². The second-order valence-electron chi connectivity index (χ2n) is 3.61. The van der Waals surface area contributed by atoms with Gasteiger partial charge in [0.15, 0.2) is 5.96 Å². The van der Waals surface area contributed by atoms with E-state index in [2.05, 4.69) is 20.9 Å². The Labute approximate surface area is 103 Å². The molecule has 0 fully saturated rings. The minimum Gasteiger partial charge on any atom is -0.480 e. The highest BCUT2D eigenvalue weighted by atomic mass is 16.4. The van der Waals surface area contributed by atoms with Crippen LogP contribution in [0.2, 0.25) is 0 Å². The molecule has 6 heteroatoms. The third-order valence-electron chi connectivity index (χ3n) is 2.26. The number of carboxylic acid groups (broad SMARTS) is 1. The number of nitrogens with zero attached hydrogens (tertiary/aromatic N) is 1. The number of likely N-dealkylation sites (N-methyl/N-ethyl adjacent to an activating group) is 1. The van der Waals surface area contributed by atoms with Gasteiger partial charge in [0.1, 0.15) is 6.04 Å². The first-order valence-corrected chi connectivity index (χ1v) is 6.07. The molecule has 0 aromatic rings. The fourth-order valence-corrected chi connectivity index (χ4v) is 1.39. The van der Waals surface area contributed by atoms with E-state index in [0.29, 0.717) is 13.0 Å². The fourth-order valence-electron chi connectivity index (χ4n) is 1.39. The maximum absolute atomic E-state index is 10.7. The average molecular weight is 244 g/mol. The van der Waals surface area contributed by atoms with Gasteiger partial charge >= 0.3 is 5.97 Å². The second kappa shape index (κ2) is 9.89. The van der Waals surface area contributed by atoms with Crippen LogP contribution < -0.4 is 16.0 Å². The zero-order valence-corrected chi connectivity index (χ0v) is 10.9. The zero-order chi connectivity index (χ0) is 13.1. The van der Waals surface area contributed by atoms with Crippen LogP contribution >= 0.6 is 0 Å². The molecule has 0 rings (SSSR count). The quantitative estimate of drug-likeness (QED) is 0.275. The highest BCUT2D eigenvalue weighted by molar-refractivity contribution is 5.79. The Morgan fingerprint density at radius 2 is 1.88 bits per heavy atom. The molecule has 0 amide bonds. The molecule has 0 aromatic heterocycles. The van der Waals surface area contributed by atoms with Crippen molar-refractivity contribution in [2.75, 3.05) is 26.7 Å². The van der Waals surface area contributed by atoms with Crippen LogP contribution in [0.1, 0.15) is 26.7 Å². The minimum absolute atomic E-state index is 0.480. The van der Waals surface area contributed by atoms with E-state index in [-0.39, 0.29) is 0 Å². The van der Waals surface area contributed by atoms with Crippen LogP contribution in [-0.2, 0) is 4.79 Å². The van der Waals surface area contributed by atoms with Crippen molar-refractivity contribution in [3.63, 3.8) is 0 Å². The summed E-state index contributed by atoms with van der Waals surface area (Å²) in [5.41, 5.74) is 0. The number of hydrogen-bond acceptors (Lipinski definition) is 3. The van der Waals surface area contributed by atoms with Crippen LogP contribution in [0.4, 0.5) is 0 Å². The molecule has 0 unspecified atom stereocenters. The minimum atomic E-state index is -0.810. The summed E-state index contributed by atoms with van der Waals surface area (Å²) in [6, 6.07) is -0.480. The van der Waals surface area contributed by atoms with Gasteiger partial charge in [0.2, 0.25) is 0 Å². The molecule has 0 spiro atoms. The van der Waals surface area contributed by atoms with Crippen LogP contribution in [0, 0.1) is 0 Å². The highest BCUT2D eigenvalue weighted by Gasteiger charge is 2.13. The van der Waals surface area contributed by atoms with Gasteiger partial charge in [0, 0.05) is 19.6 Å². The fraction of sp³-hybridized carbons (Fsp3) is 0.818. The molecule has 17 heavy (non-hydrogen) atoms. The van der Waals surface area contributed by atoms with Gasteiger partial charge in [-0.05, 0) is 33.7 Å². The number of nitrogens with one attached hydrogen (secondary N) is 3. The van der Waals surface area contributed by atoms with Crippen molar-refractivity contribution >= 4 is 11.9 Å². The van der Waals surface area contributed by atoms with E-state index in [9.17, 15) is 4.79 Å². The molecule has 0 aliphatic carbocycles. The van der Waals surface area contributed by atoms with Gasteiger partial charge in [-0.1, -0.05) is 0 Å². The summed E-state index contributed by atoms with van der Waals surface area (Å²) in [7, 11) is 1.66. The highest BCUT2D eigenvalue weighted by Crippen LogP contribution is 1.97. The molecule has 6 nitrogen and oxygen atoms in total. The van der Waals surface area contributed by atoms with Crippen molar-refractivity contribution in [1.29, 1.82) is 0 Å². The third kappa shape index (κ3) is 7.57. The molecule has 1 atom stereocenters. The summed E-state index contributed by atoms with van der Waals surface area (Å²) in [5, 5.41) is 17.8. The molecule has 100 valence electrons. The van der Waals surface area contributed by atoms with E-state index < -0.39 is 12.0 Å². The van der Waals surface area contributed by atoms with Crippen molar-refractivity contribution in [3.8, 4) is 0 Å². The number of aliphatic imine (C=N–C) groups is 1. The van der Waals surface area contributed by atoms with Gasteiger partial charge in [-0.25, -0.2) is 0 Å². The van der Waals surface area contributed by atoms with Crippen molar-refractivity contribution in [1.82, 2.24) is 16.0 Å². The van der Waals surface area contributed by atoms with E-state index >= 15 is 0 Å².